The van der Waals surface area contributed by atoms with E-state index in [1.54, 1.807) is 24.3 Å². The van der Waals surface area contributed by atoms with Crippen molar-refractivity contribution < 1.29 is 28.5 Å². The molecule has 0 aliphatic carbocycles. The van der Waals surface area contributed by atoms with E-state index < -0.39 is 11.9 Å². The zero-order valence-corrected chi connectivity index (χ0v) is 17.2. The molecule has 1 rings (SSSR count). The van der Waals surface area contributed by atoms with Gasteiger partial charge >= 0.3 is 11.9 Å². The maximum Gasteiger partial charge on any atom is 0.330 e. The van der Waals surface area contributed by atoms with Crippen LogP contribution in [0.4, 0.5) is 0 Å². The molecule has 6 heteroatoms. The minimum atomic E-state index is -0.409. The van der Waals surface area contributed by atoms with Crippen molar-refractivity contribution in [1.29, 1.82) is 0 Å². The molecule has 1 aromatic rings. The number of unbranched alkanes of at least 4 members (excludes halogenated alkanes) is 2. The fourth-order valence-corrected chi connectivity index (χ4v) is 2.25. The molecule has 0 N–H and O–H groups in total. The molecule has 0 aliphatic heterocycles. The number of hydrogen-bond acceptors (Lipinski definition) is 6. The van der Waals surface area contributed by atoms with Crippen molar-refractivity contribution in [3.05, 3.63) is 35.4 Å². The molecule has 0 saturated carbocycles. The Balaban J connectivity index is 2.92. The Kier molecular flexibility index (Phi) is 11.2. The highest BCUT2D eigenvalue weighted by molar-refractivity contribution is 5.89. The molecule has 28 heavy (non-hydrogen) atoms. The van der Waals surface area contributed by atoms with Crippen LogP contribution in [0.1, 0.15) is 50.7 Å². The van der Waals surface area contributed by atoms with Crippen molar-refractivity contribution in [2.75, 3.05) is 27.4 Å². The van der Waals surface area contributed by atoms with Crippen LogP contribution in [-0.2, 0) is 19.1 Å². The molecule has 0 heterocycles. The number of carbonyl (C=O) groups is 2. The summed E-state index contributed by atoms with van der Waals surface area (Å²) in [6.07, 6.45) is 9.52. The van der Waals surface area contributed by atoms with Gasteiger partial charge in [-0.2, -0.15) is 0 Å². The normalized spacial score (nSPS) is 11.0. The summed E-state index contributed by atoms with van der Waals surface area (Å²) < 4.78 is 21.0. The third-order valence-corrected chi connectivity index (χ3v) is 3.86. The van der Waals surface area contributed by atoms with Gasteiger partial charge in [-0.05, 0) is 37.1 Å². The lowest BCUT2D eigenvalue weighted by molar-refractivity contribution is -0.138. The molecule has 0 aliphatic rings. The van der Waals surface area contributed by atoms with E-state index in [0.29, 0.717) is 35.8 Å². The summed E-state index contributed by atoms with van der Waals surface area (Å²) in [5.41, 5.74) is 1.32. The molecule has 154 valence electrons. The Labute approximate surface area is 167 Å². The Morgan fingerprint density at radius 2 is 1.18 bits per heavy atom. The highest BCUT2D eigenvalue weighted by atomic mass is 16.5. The van der Waals surface area contributed by atoms with E-state index in [4.69, 9.17) is 18.9 Å². The van der Waals surface area contributed by atoms with Gasteiger partial charge in [0.15, 0.2) is 0 Å². The maximum absolute atomic E-state index is 11.8. The van der Waals surface area contributed by atoms with Gasteiger partial charge in [-0.25, -0.2) is 9.59 Å². The first-order chi connectivity index (χ1) is 13.5. The van der Waals surface area contributed by atoms with E-state index in [9.17, 15) is 9.59 Å². The molecular formula is C22H30O6. The van der Waals surface area contributed by atoms with Gasteiger partial charge in [0.25, 0.3) is 0 Å². The second-order valence-corrected chi connectivity index (χ2v) is 6.04. The second-order valence-electron chi connectivity index (χ2n) is 6.04. The molecule has 0 fully saturated rings. The van der Waals surface area contributed by atoms with Gasteiger partial charge in [-0.3, -0.25) is 0 Å². The smallest absolute Gasteiger partial charge is 0.330 e. The Bertz CT molecular complexity index is 631. The van der Waals surface area contributed by atoms with Gasteiger partial charge in [0.1, 0.15) is 11.5 Å². The molecule has 0 aromatic heterocycles. The Hall–Kier alpha value is -2.76. The van der Waals surface area contributed by atoms with Crippen LogP contribution in [0.2, 0.25) is 0 Å². The third kappa shape index (κ3) is 8.29. The summed E-state index contributed by atoms with van der Waals surface area (Å²) in [4.78, 5) is 23.5. The van der Waals surface area contributed by atoms with E-state index in [0.717, 1.165) is 25.7 Å². The molecule has 1 aromatic carbocycles. The number of rotatable bonds is 12. The number of benzene rings is 1. The lowest BCUT2D eigenvalue weighted by Gasteiger charge is -2.11. The largest absolute Gasteiger partial charge is 0.496 e. The van der Waals surface area contributed by atoms with Gasteiger partial charge in [0, 0.05) is 23.3 Å². The molecule has 0 unspecified atom stereocenters. The zero-order valence-electron chi connectivity index (χ0n) is 17.2. The van der Waals surface area contributed by atoms with Gasteiger partial charge in [0.05, 0.1) is 27.4 Å². The minimum Gasteiger partial charge on any atom is -0.496 e. The fraction of sp³-hybridized carbons (Fsp3) is 0.455. The average Bonchev–Trinajstić information content (AvgIpc) is 2.70. The molecule has 0 radical (unpaired) electrons. The standard InChI is InChI=1S/C22H30O6/c1-5-7-13-27-21(23)11-9-17-15-20(26-4)18(16-19(17)25-3)10-12-22(24)28-14-8-6-2/h9-12,15-16H,5-8,13-14H2,1-4H3/b11-9+,12-10+. The molecule has 0 amide bonds. The first-order valence-electron chi connectivity index (χ1n) is 9.51. The van der Waals surface area contributed by atoms with Crippen LogP contribution in [0.5, 0.6) is 11.5 Å². The molecule has 0 atom stereocenters. The summed E-state index contributed by atoms with van der Waals surface area (Å²) >= 11 is 0. The van der Waals surface area contributed by atoms with E-state index >= 15 is 0 Å². The van der Waals surface area contributed by atoms with Crippen molar-refractivity contribution in [1.82, 2.24) is 0 Å². The summed E-state index contributed by atoms with van der Waals surface area (Å²) in [6, 6.07) is 3.47. The first kappa shape index (κ1) is 23.3. The predicted molar refractivity (Wildman–Crippen MR) is 109 cm³/mol. The minimum absolute atomic E-state index is 0.401. The highest BCUT2D eigenvalue weighted by Gasteiger charge is 2.09. The van der Waals surface area contributed by atoms with Crippen molar-refractivity contribution in [2.24, 2.45) is 0 Å². The molecule has 0 spiro atoms. The van der Waals surface area contributed by atoms with Gasteiger partial charge in [0.2, 0.25) is 0 Å². The van der Waals surface area contributed by atoms with Crippen LogP contribution < -0.4 is 9.47 Å². The molecular weight excluding hydrogens is 360 g/mol. The second kappa shape index (κ2) is 13.4. The first-order valence-corrected chi connectivity index (χ1v) is 9.51. The lowest BCUT2D eigenvalue weighted by atomic mass is 10.1. The van der Waals surface area contributed by atoms with E-state index in [1.165, 1.54) is 26.4 Å². The van der Waals surface area contributed by atoms with Crippen LogP contribution in [0.25, 0.3) is 12.2 Å². The monoisotopic (exact) mass is 390 g/mol. The SMILES string of the molecule is CCCCOC(=O)/C=C/c1cc(OC)c(/C=C/C(=O)OCCCC)cc1OC. The number of hydrogen-bond donors (Lipinski definition) is 0. The van der Waals surface area contributed by atoms with Crippen LogP contribution >= 0.6 is 0 Å². The fourth-order valence-electron chi connectivity index (χ4n) is 2.25. The Morgan fingerprint density at radius 1 is 0.786 bits per heavy atom. The van der Waals surface area contributed by atoms with E-state index in [-0.39, 0.29) is 0 Å². The summed E-state index contributed by atoms with van der Waals surface area (Å²) in [5.74, 6) is 0.261. The lowest BCUT2D eigenvalue weighted by Crippen LogP contribution is -2.02. The van der Waals surface area contributed by atoms with Gasteiger partial charge < -0.3 is 18.9 Å². The summed E-state index contributed by atoms with van der Waals surface area (Å²) in [7, 11) is 3.07. The molecule has 6 nitrogen and oxygen atoms in total. The van der Waals surface area contributed by atoms with Gasteiger partial charge in [-0.15, -0.1) is 0 Å². The number of carbonyl (C=O) groups excluding carboxylic acids is 2. The van der Waals surface area contributed by atoms with Crippen molar-refractivity contribution in [3.63, 3.8) is 0 Å². The molecule has 0 bridgehead atoms. The maximum atomic E-state index is 11.8. The third-order valence-electron chi connectivity index (χ3n) is 3.86. The summed E-state index contributed by atoms with van der Waals surface area (Å²) in [6.45, 7) is 4.86. The van der Waals surface area contributed by atoms with Crippen LogP contribution in [-0.4, -0.2) is 39.4 Å². The number of ether oxygens (including phenoxy) is 4. The van der Waals surface area contributed by atoms with Gasteiger partial charge in [-0.1, -0.05) is 26.7 Å². The number of methoxy groups -OCH3 is 2. The number of esters is 2. The van der Waals surface area contributed by atoms with Crippen LogP contribution in [0.15, 0.2) is 24.3 Å². The van der Waals surface area contributed by atoms with Crippen LogP contribution in [0.3, 0.4) is 0 Å². The predicted octanol–water partition coefficient (Wildman–Crippen LogP) is 4.42. The summed E-state index contributed by atoms with van der Waals surface area (Å²) in [5, 5.41) is 0. The highest BCUT2D eigenvalue weighted by Crippen LogP contribution is 2.30. The topological polar surface area (TPSA) is 71.1 Å². The average molecular weight is 390 g/mol. The van der Waals surface area contributed by atoms with Crippen LogP contribution in [0, 0.1) is 0 Å². The van der Waals surface area contributed by atoms with E-state index in [2.05, 4.69) is 0 Å². The van der Waals surface area contributed by atoms with Crippen molar-refractivity contribution in [3.8, 4) is 11.5 Å². The van der Waals surface area contributed by atoms with E-state index in [1.807, 2.05) is 13.8 Å². The van der Waals surface area contributed by atoms with Crippen molar-refractivity contribution >= 4 is 24.1 Å². The van der Waals surface area contributed by atoms with Crippen molar-refractivity contribution in [2.45, 2.75) is 39.5 Å². The molecule has 0 saturated heterocycles. The quantitative estimate of drug-likeness (QED) is 0.299. The Morgan fingerprint density at radius 3 is 1.50 bits per heavy atom. The zero-order chi connectivity index (χ0) is 20.8.